The van der Waals surface area contributed by atoms with Gasteiger partial charge in [0.2, 0.25) is 0 Å². The molecule has 6 heteroatoms. The molecule has 1 aliphatic rings. The summed E-state index contributed by atoms with van der Waals surface area (Å²) in [4.78, 5) is 27.6. The second-order valence-corrected chi connectivity index (χ2v) is 5.88. The normalized spacial score (nSPS) is 15.8. The summed E-state index contributed by atoms with van der Waals surface area (Å²) >= 11 is 0. The molecule has 0 radical (unpaired) electrons. The fourth-order valence-corrected chi connectivity index (χ4v) is 2.68. The van der Waals surface area contributed by atoms with E-state index in [-0.39, 0.29) is 18.1 Å². The van der Waals surface area contributed by atoms with Crippen LogP contribution in [0.3, 0.4) is 0 Å². The average Bonchev–Trinajstić information content (AvgIpc) is 2.53. The largest absolute Gasteiger partial charge is 0.484 e. The molecule has 0 saturated carbocycles. The van der Waals surface area contributed by atoms with Crippen LogP contribution in [0.5, 0.6) is 5.75 Å². The predicted octanol–water partition coefficient (Wildman–Crippen LogP) is 1.25. The Kier molecular flexibility index (Phi) is 4.34. The quantitative estimate of drug-likeness (QED) is 0.798. The molecule has 122 valence electrons. The van der Waals surface area contributed by atoms with E-state index in [0.29, 0.717) is 11.3 Å². The van der Waals surface area contributed by atoms with Crippen molar-refractivity contribution in [3.05, 3.63) is 40.2 Å². The highest BCUT2D eigenvalue weighted by Crippen LogP contribution is 2.22. The van der Waals surface area contributed by atoms with E-state index in [1.165, 1.54) is 6.07 Å². The van der Waals surface area contributed by atoms with Crippen LogP contribution in [-0.4, -0.2) is 55.5 Å². The van der Waals surface area contributed by atoms with Gasteiger partial charge in [-0.25, -0.2) is 4.79 Å². The van der Waals surface area contributed by atoms with Crippen LogP contribution in [0.1, 0.15) is 5.56 Å². The lowest BCUT2D eigenvalue weighted by Gasteiger charge is -2.32. The van der Waals surface area contributed by atoms with E-state index in [2.05, 4.69) is 4.90 Å². The van der Waals surface area contributed by atoms with E-state index in [0.717, 1.165) is 37.1 Å². The van der Waals surface area contributed by atoms with Crippen LogP contribution in [0.4, 0.5) is 0 Å². The lowest BCUT2D eigenvalue weighted by atomic mass is 10.1. The first-order valence-electron chi connectivity index (χ1n) is 7.66. The van der Waals surface area contributed by atoms with Crippen molar-refractivity contribution in [3.63, 3.8) is 0 Å². The molecule has 1 aliphatic heterocycles. The van der Waals surface area contributed by atoms with Gasteiger partial charge in [0.05, 0.1) is 0 Å². The molecule has 6 nitrogen and oxygen atoms in total. The number of carbonyl (C=O) groups is 1. The number of amides is 1. The van der Waals surface area contributed by atoms with Crippen LogP contribution in [0.25, 0.3) is 11.0 Å². The molecule has 0 bridgehead atoms. The molecule has 2 aromatic rings. The molecular formula is C17H20N2O4. The maximum Gasteiger partial charge on any atom is 0.336 e. The number of nitrogens with zero attached hydrogens (tertiary/aromatic N) is 2. The zero-order valence-corrected chi connectivity index (χ0v) is 13.4. The highest BCUT2D eigenvalue weighted by atomic mass is 16.5. The molecular weight excluding hydrogens is 296 g/mol. The third kappa shape index (κ3) is 3.53. The maximum atomic E-state index is 12.2. The zero-order chi connectivity index (χ0) is 16.4. The maximum absolute atomic E-state index is 12.2. The lowest BCUT2D eigenvalue weighted by Crippen LogP contribution is -2.48. The van der Waals surface area contributed by atoms with Gasteiger partial charge in [0.25, 0.3) is 5.91 Å². The Balaban J connectivity index is 1.67. The predicted molar refractivity (Wildman–Crippen MR) is 86.8 cm³/mol. The van der Waals surface area contributed by atoms with Gasteiger partial charge in [-0.15, -0.1) is 0 Å². The molecule has 0 aliphatic carbocycles. The molecule has 0 spiro atoms. The minimum absolute atomic E-state index is 0.00508. The highest BCUT2D eigenvalue weighted by molar-refractivity contribution is 5.82. The van der Waals surface area contributed by atoms with Crippen molar-refractivity contribution in [2.75, 3.05) is 39.8 Å². The molecule has 1 fully saturated rings. The van der Waals surface area contributed by atoms with E-state index in [9.17, 15) is 9.59 Å². The Bertz CT molecular complexity index is 776. The van der Waals surface area contributed by atoms with Crippen LogP contribution in [0, 0.1) is 6.92 Å². The van der Waals surface area contributed by atoms with E-state index < -0.39 is 0 Å². The zero-order valence-electron chi connectivity index (χ0n) is 13.4. The second-order valence-electron chi connectivity index (χ2n) is 5.88. The van der Waals surface area contributed by atoms with Crippen molar-refractivity contribution in [2.24, 2.45) is 0 Å². The number of carbonyl (C=O) groups excluding carboxylic acids is 1. The van der Waals surface area contributed by atoms with Gasteiger partial charge in [-0.2, -0.15) is 0 Å². The van der Waals surface area contributed by atoms with Gasteiger partial charge >= 0.3 is 5.63 Å². The Morgan fingerprint density at radius 2 is 1.96 bits per heavy atom. The van der Waals surface area contributed by atoms with Crippen molar-refractivity contribution in [1.82, 2.24) is 9.80 Å². The summed E-state index contributed by atoms with van der Waals surface area (Å²) in [5.74, 6) is 0.589. The molecule has 1 aromatic heterocycles. The summed E-state index contributed by atoms with van der Waals surface area (Å²) in [6.45, 7) is 5.12. The van der Waals surface area contributed by atoms with Crippen molar-refractivity contribution in [3.8, 4) is 5.75 Å². The minimum Gasteiger partial charge on any atom is -0.484 e. The first-order chi connectivity index (χ1) is 11.0. The number of piperazine rings is 1. The summed E-state index contributed by atoms with van der Waals surface area (Å²) < 4.78 is 10.8. The van der Waals surface area contributed by atoms with Crippen molar-refractivity contribution in [2.45, 2.75) is 6.92 Å². The smallest absolute Gasteiger partial charge is 0.336 e. The number of likely N-dealkylation sites (N-methyl/N-ethyl adjacent to an activating group) is 1. The Morgan fingerprint density at radius 1 is 1.22 bits per heavy atom. The number of hydrogen-bond acceptors (Lipinski definition) is 5. The monoisotopic (exact) mass is 316 g/mol. The van der Waals surface area contributed by atoms with Crippen LogP contribution in [0.2, 0.25) is 0 Å². The number of hydrogen-bond donors (Lipinski definition) is 0. The van der Waals surface area contributed by atoms with Gasteiger partial charge in [-0.3, -0.25) is 4.79 Å². The highest BCUT2D eigenvalue weighted by Gasteiger charge is 2.19. The van der Waals surface area contributed by atoms with Gasteiger partial charge in [0.1, 0.15) is 11.3 Å². The fraction of sp³-hybridized carbons (Fsp3) is 0.412. The first-order valence-corrected chi connectivity index (χ1v) is 7.66. The number of rotatable bonds is 3. The Hall–Kier alpha value is -2.34. The second kappa shape index (κ2) is 6.42. The van der Waals surface area contributed by atoms with Crippen LogP contribution in [0.15, 0.2) is 33.5 Å². The summed E-state index contributed by atoms with van der Waals surface area (Å²) in [6.07, 6.45) is 0. The minimum atomic E-state index is -0.367. The van der Waals surface area contributed by atoms with E-state index >= 15 is 0 Å². The molecule has 3 rings (SSSR count). The molecule has 0 atom stereocenters. The lowest BCUT2D eigenvalue weighted by molar-refractivity contribution is -0.134. The topological polar surface area (TPSA) is 63.0 Å². The van der Waals surface area contributed by atoms with Gasteiger partial charge in [0.15, 0.2) is 6.61 Å². The van der Waals surface area contributed by atoms with Gasteiger partial charge in [0, 0.05) is 37.6 Å². The molecule has 0 N–H and O–H groups in total. The Labute approximate surface area is 134 Å². The van der Waals surface area contributed by atoms with Crippen molar-refractivity contribution in [1.29, 1.82) is 0 Å². The molecule has 0 unspecified atom stereocenters. The summed E-state index contributed by atoms with van der Waals surface area (Å²) in [7, 11) is 2.05. The van der Waals surface area contributed by atoms with E-state index in [1.807, 2.05) is 18.9 Å². The SMILES string of the molecule is Cc1cc(=O)oc2ccc(OCC(=O)N3CCN(C)CC3)cc12. The molecule has 2 heterocycles. The third-order valence-electron chi connectivity index (χ3n) is 4.14. The third-order valence-corrected chi connectivity index (χ3v) is 4.14. The molecule has 1 amide bonds. The number of benzene rings is 1. The van der Waals surface area contributed by atoms with Gasteiger partial charge in [-0.05, 0) is 37.7 Å². The average molecular weight is 316 g/mol. The number of ether oxygens (including phenoxy) is 1. The molecule has 1 saturated heterocycles. The van der Waals surface area contributed by atoms with Gasteiger partial charge < -0.3 is 19.0 Å². The van der Waals surface area contributed by atoms with Crippen LogP contribution in [-0.2, 0) is 4.79 Å². The standard InChI is InChI=1S/C17H20N2O4/c1-12-9-17(21)23-15-4-3-13(10-14(12)15)22-11-16(20)19-7-5-18(2)6-8-19/h3-4,9-10H,5-8,11H2,1-2H3. The fourth-order valence-electron chi connectivity index (χ4n) is 2.68. The Morgan fingerprint density at radius 3 is 2.70 bits per heavy atom. The summed E-state index contributed by atoms with van der Waals surface area (Å²) in [5, 5.41) is 0.814. The summed E-state index contributed by atoms with van der Waals surface area (Å²) in [6, 6.07) is 6.65. The van der Waals surface area contributed by atoms with Crippen molar-refractivity contribution >= 4 is 16.9 Å². The van der Waals surface area contributed by atoms with Crippen molar-refractivity contribution < 1.29 is 13.9 Å². The van der Waals surface area contributed by atoms with Gasteiger partial charge in [-0.1, -0.05) is 0 Å². The number of aryl methyl sites for hydroxylation is 1. The number of fused-ring (bicyclic) bond motifs is 1. The van der Waals surface area contributed by atoms with Crippen LogP contribution < -0.4 is 10.4 Å². The molecule has 23 heavy (non-hydrogen) atoms. The van der Waals surface area contributed by atoms with E-state index in [1.54, 1.807) is 18.2 Å². The van der Waals surface area contributed by atoms with Crippen LogP contribution >= 0.6 is 0 Å². The first kappa shape index (κ1) is 15.6. The molecule has 1 aromatic carbocycles. The summed E-state index contributed by atoms with van der Waals surface area (Å²) in [5.41, 5.74) is 0.980. The van der Waals surface area contributed by atoms with E-state index in [4.69, 9.17) is 9.15 Å².